The number of fused-ring (bicyclic) bond motifs is 1. The summed E-state index contributed by atoms with van der Waals surface area (Å²) in [5, 5.41) is 0. The average Bonchev–Trinajstić information content (AvgIpc) is 2.89. The van der Waals surface area contributed by atoms with Crippen molar-refractivity contribution >= 4 is 16.7 Å². The molecule has 3 N–H and O–H groups in total. The summed E-state index contributed by atoms with van der Waals surface area (Å²) in [5.41, 5.74) is 7.96. The Bertz CT molecular complexity index is 791. The van der Waals surface area contributed by atoms with Gasteiger partial charge in [-0.3, -0.25) is 0 Å². The highest BCUT2D eigenvalue weighted by Gasteiger charge is 2.11. The molecule has 0 saturated heterocycles. The van der Waals surface area contributed by atoms with E-state index in [9.17, 15) is 8.78 Å². The van der Waals surface area contributed by atoms with Crippen molar-refractivity contribution in [1.82, 2.24) is 9.97 Å². The van der Waals surface area contributed by atoms with Crippen LogP contribution in [0.5, 0.6) is 5.75 Å². The van der Waals surface area contributed by atoms with E-state index in [1.165, 1.54) is 0 Å². The minimum Gasteiger partial charge on any atom is -0.491 e. The first-order valence-corrected chi connectivity index (χ1v) is 6.96. The molecule has 0 spiro atoms. The summed E-state index contributed by atoms with van der Waals surface area (Å²) in [6.07, 6.45) is 0.891. The van der Waals surface area contributed by atoms with Crippen molar-refractivity contribution in [2.45, 2.75) is 13.3 Å². The summed E-state index contributed by atoms with van der Waals surface area (Å²) in [7, 11) is 0. The molecule has 0 aliphatic heterocycles. The van der Waals surface area contributed by atoms with Crippen LogP contribution in [0.1, 0.15) is 13.3 Å². The standard InChI is InChI=1S/C16H15F2N3O/c1-2-5-22-15-4-3-9(6-12(15)19)16-20-13-7-10(17)11(18)8-14(13)21-16/h3-4,6-8H,2,5,19H2,1H3,(H,20,21). The van der Waals surface area contributed by atoms with Gasteiger partial charge in [-0.2, -0.15) is 0 Å². The van der Waals surface area contributed by atoms with Crippen LogP contribution in [-0.2, 0) is 0 Å². The average molecular weight is 303 g/mol. The van der Waals surface area contributed by atoms with Gasteiger partial charge in [0.05, 0.1) is 23.3 Å². The molecule has 3 rings (SSSR count). The highest BCUT2D eigenvalue weighted by molar-refractivity contribution is 5.80. The zero-order valence-corrected chi connectivity index (χ0v) is 12.0. The Morgan fingerprint density at radius 3 is 2.68 bits per heavy atom. The maximum absolute atomic E-state index is 13.2. The van der Waals surface area contributed by atoms with Gasteiger partial charge < -0.3 is 15.5 Å². The number of anilines is 1. The summed E-state index contributed by atoms with van der Waals surface area (Å²) in [4.78, 5) is 7.21. The first-order chi connectivity index (χ1) is 10.6. The maximum Gasteiger partial charge on any atom is 0.161 e. The molecule has 3 aromatic rings. The molecule has 0 aliphatic rings. The number of hydrogen-bond acceptors (Lipinski definition) is 3. The molecule has 0 unspecified atom stereocenters. The molecule has 6 heteroatoms. The van der Waals surface area contributed by atoms with E-state index in [2.05, 4.69) is 9.97 Å². The van der Waals surface area contributed by atoms with Gasteiger partial charge in [0.25, 0.3) is 0 Å². The Hall–Kier alpha value is -2.63. The highest BCUT2D eigenvalue weighted by Crippen LogP contribution is 2.29. The molecule has 0 aliphatic carbocycles. The molecule has 1 heterocycles. The van der Waals surface area contributed by atoms with Crippen molar-refractivity contribution in [1.29, 1.82) is 0 Å². The fourth-order valence-corrected chi connectivity index (χ4v) is 2.18. The molecule has 0 radical (unpaired) electrons. The summed E-state index contributed by atoms with van der Waals surface area (Å²) < 4.78 is 32.0. The summed E-state index contributed by atoms with van der Waals surface area (Å²) >= 11 is 0. The van der Waals surface area contributed by atoms with Gasteiger partial charge in [0.1, 0.15) is 11.6 Å². The van der Waals surface area contributed by atoms with E-state index in [1.54, 1.807) is 18.2 Å². The van der Waals surface area contributed by atoms with E-state index in [4.69, 9.17) is 10.5 Å². The second-order valence-corrected chi connectivity index (χ2v) is 4.97. The molecule has 0 fully saturated rings. The number of nitrogens with zero attached hydrogens (tertiary/aromatic N) is 1. The largest absolute Gasteiger partial charge is 0.491 e. The number of rotatable bonds is 4. The molecule has 0 bridgehead atoms. The predicted molar refractivity (Wildman–Crippen MR) is 81.6 cm³/mol. The molecule has 114 valence electrons. The lowest BCUT2D eigenvalue weighted by Gasteiger charge is -2.08. The lowest BCUT2D eigenvalue weighted by atomic mass is 10.2. The van der Waals surface area contributed by atoms with Crippen LogP contribution >= 0.6 is 0 Å². The van der Waals surface area contributed by atoms with Crippen molar-refractivity contribution in [2.24, 2.45) is 0 Å². The number of ether oxygens (including phenoxy) is 1. The predicted octanol–water partition coefficient (Wildman–Crippen LogP) is 3.88. The van der Waals surface area contributed by atoms with Crippen LogP contribution in [-0.4, -0.2) is 16.6 Å². The Labute approximate surface area is 125 Å². The van der Waals surface area contributed by atoms with E-state index in [0.717, 1.165) is 24.1 Å². The summed E-state index contributed by atoms with van der Waals surface area (Å²) in [6.45, 7) is 2.60. The number of halogens is 2. The van der Waals surface area contributed by atoms with Gasteiger partial charge >= 0.3 is 0 Å². The van der Waals surface area contributed by atoms with E-state index < -0.39 is 11.6 Å². The van der Waals surface area contributed by atoms with Gasteiger partial charge in [0, 0.05) is 17.7 Å². The van der Waals surface area contributed by atoms with Gasteiger partial charge in [-0.15, -0.1) is 0 Å². The van der Waals surface area contributed by atoms with Crippen LogP contribution in [0.15, 0.2) is 30.3 Å². The van der Waals surface area contributed by atoms with E-state index in [-0.39, 0.29) is 0 Å². The fourth-order valence-electron chi connectivity index (χ4n) is 2.18. The number of aromatic amines is 1. The quantitative estimate of drug-likeness (QED) is 0.719. The van der Waals surface area contributed by atoms with Crippen LogP contribution in [0.25, 0.3) is 22.4 Å². The number of H-pyrrole nitrogens is 1. The first kappa shape index (κ1) is 14.3. The van der Waals surface area contributed by atoms with Crippen molar-refractivity contribution in [3.63, 3.8) is 0 Å². The third kappa shape index (κ3) is 2.59. The molecular weight excluding hydrogens is 288 g/mol. The smallest absolute Gasteiger partial charge is 0.161 e. The van der Waals surface area contributed by atoms with Crippen LogP contribution in [0.2, 0.25) is 0 Å². The van der Waals surface area contributed by atoms with Crippen LogP contribution in [0.3, 0.4) is 0 Å². The minimum absolute atomic E-state index is 0.360. The van der Waals surface area contributed by atoms with Gasteiger partial charge in [0.15, 0.2) is 11.6 Å². The van der Waals surface area contributed by atoms with Gasteiger partial charge in [-0.05, 0) is 24.6 Å². The molecule has 1 aromatic heterocycles. The monoisotopic (exact) mass is 303 g/mol. The van der Waals surface area contributed by atoms with Crippen LogP contribution in [0.4, 0.5) is 14.5 Å². The number of imidazole rings is 1. The lowest BCUT2D eigenvalue weighted by molar-refractivity contribution is 0.319. The molecule has 22 heavy (non-hydrogen) atoms. The van der Waals surface area contributed by atoms with E-state index >= 15 is 0 Å². The molecule has 2 aromatic carbocycles. The van der Waals surface area contributed by atoms with Crippen LogP contribution < -0.4 is 10.5 Å². The highest BCUT2D eigenvalue weighted by atomic mass is 19.2. The third-order valence-corrected chi connectivity index (χ3v) is 3.27. The Kier molecular flexibility index (Phi) is 3.66. The number of hydrogen-bond donors (Lipinski definition) is 2. The molecule has 0 amide bonds. The molecule has 4 nitrogen and oxygen atoms in total. The minimum atomic E-state index is -0.923. The Morgan fingerprint density at radius 1 is 1.18 bits per heavy atom. The van der Waals surface area contributed by atoms with E-state index in [0.29, 0.717) is 34.9 Å². The van der Waals surface area contributed by atoms with Crippen molar-refractivity contribution in [2.75, 3.05) is 12.3 Å². The normalized spacial score (nSPS) is 11.0. The number of benzene rings is 2. The number of nitrogens with two attached hydrogens (primary N) is 1. The topological polar surface area (TPSA) is 63.9 Å². The SMILES string of the molecule is CCCOc1ccc(-c2nc3cc(F)c(F)cc3[nH]2)cc1N. The Morgan fingerprint density at radius 2 is 1.95 bits per heavy atom. The number of aromatic nitrogens is 2. The lowest BCUT2D eigenvalue weighted by Crippen LogP contribution is -1.99. The Balaban J connectivity index is 1.98. The van der Waals surface area contributed by atoms with Gasteiger partial charge in [-0.25, -0.2) is 13.8 Å². The zero-order chi connectivity index (χ0) is 15.7. The molecule has 0 atom stereocenters. The second kappa shape index (κ2) is 5.63. The zero-order valence-electron chi connectivity index (χ0n) is 12.0. The maximum atomic E-state index is 13.2. The van der Waals surface area contributed by atoms with Crippen LogP contribution in [0, 0.1) is 11.6 Å². The third-order valence-electron chi connectivity index (χ3n) is 3.27. The first-order valence-electron chi connectivity index (χ1n) is 6.96. The summed E-state index contributed by atoms with van der Waals surface area (Å²) in [5.74, 6) is -0.730. The van der Waals surface area contributed by atoms with Crippen molar-refractivity contribution in [3.05, 3.63) is 42.0 Å². The molecular formula is C16H15F2N3O. The van der Waals surface area contributed by atoms with E-state index in [1.807, 2.05) is 6.92 Å². The molecule has 0 saturated carbocycles. The number of nitrogen functional groups attached to an aromatic ring is 1. The summed E-state index contributed by atoms with van der Waals surface area (Å²) in [6, 6.07) is 7.42. The number of nitrogens with one attached hydrogen (secondary N) is 1. The van der Waals surface area contributed by atoms with Crippen molar-refractivity contribution in [3.8, 4) is 17.1 Å². The second-order valence-electron chi connectivity index (χ2n) is 4.97. The van der Waals surface area contributed by atoms with Crippen molar-refractivity contribution < 1.29 is 13.5 Å². The van der Waals surface area contributed by atoms with Gasteiger partial charge in [-0.1, -0.05) is 6.92 Å². The van der Waals surface area contributed by atoms with Gasteiger partial charge in [0.2, 0.25) is 0 Å². The fraction of sp³-hybridized carbons (Fsp3) is 0.188.